The molecule has 0 bridgehead atoms. The van der Waals surface area contributed by atoms with E-state index < -0.39 is 0 Å². The largest absolute Gasteiger partial charge is 0.306 e. The summed E-state index contributed by atoms with van der Waals surface area (Å²) in [5.41, 5.74) is 4.01. The fraction of sp³-hybridized carbons (Fsp3) is 0.353. The maximum Gasteiger partial charge on any atom is 0.0296 e. The number of nitrogens with zero attached hydrogens (tertiary/aromatic N) is 2. The molecule has 0 aliphatic carbocycles. The Morgan fingerprint density at radius 3 is 2.35 bits per heavy atom. The van der Waals surface area contributed by atoms with Gasteiger partial charge in [-0.2, -0.15) is 0 Å². The van der Waals surface area contributed by atoms with Crippen molar-refractivity contribution >= 4 is 0 Å². The summed E-state index contributed by atoms with van der Waals surface area (Å²) in [7, 11) is 4.20. The van der Waals surface area contributed by atoms with Crippen LogP contribution in [0.3, 0.4) is 0 Å². The number of aromatic nitrogens is 1. The molecule has 0 aliphatic rings. The number of rotatable bonds is 6. The van der Waals surface area contributed by atoms with Gasteiger partial charge in [-0.3, -0.25) is 4.98 Å². The molecule has 3 nitrogen and oxygen atoms in total. The Balaban J connectivity index is 2.00. The first-order chi connectivity index (χ1) is 9.66. The molecule has 0 aliphatic heterocycles. The van der Waals surface area contributed by atoms with Gasteiger partial charge in [0.05, 0.1) is 0 Å². The van der Waals surface area contributed by atoms with Crippen molar-refractivity contribution < 1.29 is 0 Å². The standard InChI is InChI=1S/C17H23N3/c1-14(15-8-10-18-11-9-15)19-12-16-6-4-5-7-17(16)13-20(2)3/h4-11,14,19H,12-13H2,1-3H3. The second kappa shape index (κ2) is 7.17. The maximum atomic E-state index is 4.06. The zero-order valence-corrected chi connectivity index (χ0v) is 12.5. The average Bonchev–Trinajstić information content (AvgIpc) is 2.46. The minimum Gasteiger partial charge on any atom is -0.306 e. The second-order valence-electron chi connectivity index (χ2n) is 5.39. The Morgan fingerprint density at radius 2 is 1.70 bits per heavy atom. The summed E-state index contributed by atoms with van der Waals surface area (Å²) in [6.07, 6.45) is 3.68. The lowest BCUT2D eigenvalue weighted by atomic mass is 10.1. The zero-order valence-electron chi connectivity index (χ0n) is 12.5. The molecule has 0 radical (unpaired) electrons. The number of nitrogens with one attached hydrogen (secondary N) is 1. The first-order valence-corrected chi connectivity index (χ1v) is 7.01. The van der Waals surface area contributed by atoms with Gasteiger partial charge in [0, 0.05) is 31.5 Å². The van der Waals surface area contributed by atoms with Gasteiger partial charge in [-0.15, -0.1) is 0 Å². The normalized spacial score (nSPS) is 12.6. The van der Waals surface area contributed by atoms with Crippen LogP contribution in [0, 0.1) is 0 Å². The third-order valence-electron chi connectivity index (χ3n) is 3.41. The fourth-order valence-corrected chi connectivity index (χ4v) is 2.26. The maximum absolute atomic E-state index is 4.06. The topological polar surface area (TPSA) is 28.2 Å². The molecule has 1 heterocycles. The van der Waals surface area contributed by atoms with Crippen molar-refractivity contribution in [3.05, 3.63) is 65.5 Å². The molecular formula is C17H23N3. The lowest BCUT2D eigenvalue weighted by Gasteiger charge is -2.17. The minimum absolute atomic E-state index is 0.324. The molecular weight excluding hydrogens is 246 g/mol. The highest BCUT2D eigenvalue weighted by atomic mass is 15.0. The Morgan fingerprint density at radius 1 is 1.05 bits per heavy atom. The van der Waals surface area contributed by atoms with E-state index in [2.05, 4.69) is 72.6 Å². The van der Waals surface area contributed by atoms with Crippen LogP contribution >= 0.6 is 0 Å². The van der Waals surface area contributed by atoms with Crippen molar-refractivity contribution in [1.29, 1.82) is 0 Å². The van der Waals surface area contributed by atoms with Crippen molar-refractivity contribution in [2.24, 2.45) is 0 Å². The molecule has 1 unspecified atom stereocenters. The summed E-state index contributed by atoms with van der Waals surface area (Å²) < 4.78 is 0. The van der Waals surface area contributed by atoms with Gasteiger partial charge in [-0.1, -0.05) is 24.3 Å². The van der Waals surface area contributed by atoms with Crippen LogP contribution < -0.4 is 5.32 Å². The van der Waals surface area contributed by atoms with Crippen LogP contribution in [0.2, 0.25) is 0 Å². The van der Waals surface area contributed by atoms with E-state index in [1.165, 1.54) is 16.7 Å². The van der Waals surface area contributed by atoms with Gasteiger partial charge in [0.2, 0.25) is 0 Å². The molecule has 3 heteroatoms. The van der Waals surface area contributed by atoms with Gasteiger partial charge in [0.25, 0.3) is 0 Å². The summed E-state index contributed by atoms with van der Waals surface area (Å²) in [5.74, 6) is 0. The van der Waals surface area contributed by atoms with Crippen molar-refractivity contribution in [1.82, 2.24) is 15.2 Å². The van der Waals surface area contributed by atoms with Crippen molar-refractivity contribution in [3.8, 4) is 0 Å². The van der Waals surface area contributed by atoms with Gasteiger partial charge < -0.3 is 10.2 Å². The molecule has 1 atom stereocenters. The Bertz CT molecular complexity index is 523. The van der Waals surface area contributed by atoms with Crippen molar-refractivity contribution in [3.63, 3.8) is 0 Å². The summed E-state index contributed by atoms with van der Waals surface area (Å²) in [6, 6.07) is 13.1. The second-order valence-corrected chi connectivity index (χ2v) is 5.39. The first kappa shape index (κ1) is 14.7. The summed E-state index contributed by atoms with van der Waals surface area (Å²) in [6.45, 7) is 4.04. The third-order valence-corrected chi connectivity index (χ3v) is 3.41. The molecule has 1 N–H and O–H groups in total. The van der Waals surface area contributed by atoms with Crippen LogP contribution in [0.4, 0.5) is 0 Å². The van der Waals surface area contributed by atoms with E-state index in [4.69, 9.17) is 0 Å². The van der Waals surface area contributed by atoms with Gasteiger partial charge >= 0.3 is 0 Å². The SMILES string of the molecule is CC(NCc1ccccc1CN(C)C)c1ccncc1. The van der Waals surface area contributed by atoms with E-state index in [1.54, 1.807) is 0 Å². The highest BCUT2D eigenvalue weighted by Gasteiger charge is 2.07. The molecule has 2 aromatic rings. The van der Waals surface area contributed by atoms with Gasteiger partial charge in [-0.25, -0.2) is 0 Å². The van der Waals surface area contributed by atoms with E-state index in [0.29, 0.717) is 6.04 Å². The van der Waals surface area contributed by atoms with Crippen LogP contribution in [0.5, 0.6) is 0 Å². The Labute approximate surface area is 121 Å². The van der Waals surface area contributed by atoms with E-state index in [9.17, 15) is 0 Å². The summed E-state index contributed by atoms with van der Waals surface area (Å²) in [5, 5.41) is 3.58. The molecule has 1 aromatic carbocycles. The quantitative estimate of drug-likeness (QED) is 0.874. The summed E-state index contributed by atoms with van der Waals surface area (Å²) >= 11 is 0. The highest BCUT2D eigenvalue weighted by Crippen LogP contribution is 2.14. The van der Waals surface area contributed by atoms with E-state index >= 15 is 0 Å². The van der Waals surface area contributed by atoms with Crippen molar-refractivity contribution in [2.75, 3.05) is 14.1 Å². The number of hydrogen-bond acceptors (Lipinski definition) is 3. The summed E-state index contributed by atoms with van der Waals surface area (Å²) in [4.78, 5) is 6.26. The van der Waals surface area contributed by atoms with Crippen LogP contribution in [0.1, 0.15) is 29.7 Å². The van der Waals surface area contributed by atoms with Gasteiger partial charge in [0.1, 0.15) is 0 Å². The van der Waals surface area contributed by atoms with Crippen LogP contribution in [0.25, 0.3) is 0 Å². The lowest BCUT2D eigenvalue weighted by Crippen LogP contribution is -2.20. The molecule has 0 saturated heterocycles. The van der Waals surface area contributed by atoms with Gasteiger partial charge in [-0.05, 0) is 49.8 Å². The Hall–Kier alpha value is -1.71. The van der Waals surface area contributed by atoms with E-state index in [0.717, 1.165) is 13.1 Å². The van der Waals surface area contributed by atoms with Crippen LogP contribution in [0.15, 0.2) is 48.8 Å². The predicted octanol–water partition coefficient (Wildman–Crippen LogP) is 2.99. The number of benzene rings is 1. The average molecular weight is 269 g/mol. The molecule has 0 spiro atoms. The smallest absolute Gasteiger partial charge is 0.0296 e. The molecule has 0 fully saturated rings. The number of pyridine rings is 1. The number of hydrogen-bond donors (Lipinski definition) is 1. The lowest BCUT2D eigenvalue weighted by molar-refractivity contribution is 0.400. The van der Waals surface area contributed by atoms with Gasteiger partial charge in [0.15, 0.2) is 0 Å². The van der Waals surface area contributed by atoms with Crippen LogP contribution in [-0.2, 0) is 13.1 Å². The zero-order chi connectivity index (χ0) is 14.4. The van der Waals surface area contributed by atoms with Crippen LogP contribution in [-0.4, -0.2) is 24.0 Å². The first-order valence-electron chi connectivity index (χ1n) is 7.01. The molecule has 20 heavy (non-hydrogen) atoms. The van der Waals surface area contributed by atoms with Crippen molar-refractivity contribution in [2.45, 2.75) is 26.1 Å². The molecule has 0 amide bonds. The molecule has 0 saturated carbocycles. The Kier molecular flexibility index (Phi) is 5.27. The van der Waals surface area contributed by atoms with E-state index in [1.807, 2.05) is 12.4 Å². The predicted molar refractivity (Wildman–Crippen MR) is 83.3 cm³/mol. The third kappa shape index (κ3) is 4.15. The monoisotopic (exact) mass is 269 g/mol. The molecule has 106 valence electrons. The minimum atomic E-state index is 0.324. The molecule has 1 aromatic heterocycles. The highest BCUT2D eigenvalue weighted by molar-refractivity contribution is 5.27. The van der Waals surface area contributed by atoms with E-state index in [-0.39, 0.29) is 0 Å². The molecule has 2 rings (SSSR count). The fourth-order valence-electron chi connectivity index (χ4n) is 2.26.